The lowest BCUT2D eigenvalue weighted by Crippen LogP contribution is -2.30. The molecular formula is C11H13BrF2N2O. The van der Waals surface area contributed by atoms with Gasteiger partial charge >= 0.3 is 6.05 Å². The molecule has 0 saturated heterocycles. The van der Waals surface area contributed by atoms with E-state index in [0.29, 0.717) is 23.2 Å². The van der Waals surface area contributed by atoms with Gasteiger partial charge in [-0.15, -0.1) is 0 Å². The summed E-state index contributed by atoms with van der Waals surface area (Å²) < 4.78 is 27.4. The molecule has 1 atom stereocenters. The van der Waals surface area contributed by atoms with Gasteiger partial charge in [0.05, 0.1) is 16.4 Å². The van der Waals surface area contributed by atoms with Gasteiger partial charge < -0.3 is 0 Å². The first-order chi connectivity index (χ1) is 7.90. The van der Waals surface area contributed by atoms with Gasteiger partial charge in [-0.1, -0.05) is 15.9 Å². The van der Waals surface area contributed by atoms with Crippen LogP contribution in [0.1, 0.15) is 31.9 Å². The highest BCUT2D eigenvalue weighted by Gasteiger charge is 2.42. The highest BCUT2D eigenvalue weighted by Crippen LogP contribution is 2.37. The summed E-state index contributed by atoms with van der Waals surface area (Å²) in [6, 6.07) is -1.55. The van der Waals surface area contributed by atoms with Gasteiger partial charge in [-0.2, -0.15) is 13.9 Å². The first-order valence-corrected chi connectivity index (χ1v) is 6.56. The molecule has 0 spiro atoms. The van der Waals surface area contributed by atoms with Crippen LogP contribution in [0.5, 0.6) is 0 Å². The molecule has 0 N–H and O–H groups in total. The Labute approximate surface area is 106 Å². The maximum atomic E-state index is 13.4. The summed E-state index contributed by atoms with van der Waals surface area (Å²) in [6.45, 7) is 1.78. The largest absolute Gasteiger partial charge is 0.353 e. The van der Waals surface area contributed by atoms with Crippen molar-refractivity contribution < 1.29 is 13.6 Å². The van der Waals surface area contributed by atoms with Gasteiger partial charge in [-0.3, -0.25) is 4.79 Å². The van der Waals surface area contributed by atoms with Gasteiger partial charge in [0.2, 0.25) is 0 Å². The van der Waals surface area contributed by atoms with E-state index in [1.807, 2.05) is 0 Å². The van der Waals surface area contributed by atoms with Crippen molar-refractivity contribution in [1.82, 2.24) is 9.78 Å². The van der Waals surface area contributed by atoms with Crippen LogP contribution in [0.4, 0.5) is 8.78 Å². The molecule has 1 aliphatic rings. The highest BCUT2D eigenvalue weighted by molar-refractivity contribution is 9.09. The minimum absolute atomic E-state index is 0.0879. The highest BCUT2D eigenvalue weighted by atomic mass is 79.9. The number of hydrogen-bond donors (Lipinski definition) is 0. The Kier molecular flexibility index (Phi) is 3.10. The summed E-state index contributed by atoms with van der Waals surface area (Å²) in [5.41, 5.74) is -0.242. The molecule has 1 aromatic heterocycles. The van der Waals surface area contributed by atoms with Crippen molar-refractivity contribution in [2.24, 2.45) is 0 Å². The molecule has 1 aliphatic carbocycles. The van der Waals surface area contributed by atoms with E-state index in [9.17, 15) is 13.6 Å². The molecule has 1 unspecified atom stereocenters. The lowest BCUT2D eigenvalue weighted by atomic mass is 9.84. The molecule has 2 rings (SSSR count). The summed E-state index contributed by atoms with van der Waals surface area (Å²) in [7, 11) is 0. The number of nitrogens with zero attached hydrogens (tertiary/aromatic N) is 2. The van der Waals surface area contributed by atoms with Crippen LogP contribution in [0.25, 0.3) is 0 Å². The minimum Gasteiger partial charge on any atom is -0.299 e. The van der Waals surface area contributed by atoms with Crippen molar-refractivity contribution in [3.05, 3.63) is 18.0 Å². The van der Waals surface area contributed by atoms with Crippen LogP contribution in [0, 0.1) is 0 Å². The number of carbonyl (C=O) groups is 1. The van der Waals surface area contributed by atoms with Crippen molar-refractivity contribution in [2.75, 3.05) is 5.33 Å². The molecule has 0 radical (unpaired) electrons. The first kappa shape index (κ1) is 12.7. The summed E-state index contributed by atoms with van der Waals surface area (Å²) in [4.78, 5) is 11.8. The Morgan fingerprint density at radius 2 is 2.35 bits per heavy atom. The SMILES string of the molecule is CC1(c2ccn(C(F)(F)CBr)n2)CCCC1=O. The van der Waals surface area contributed by atoms with Gasteiger partial charge in [0.1, 0.15) is 5.78 Å². The van der Waals surface area contributed by atoms with Gasteiger partial charge in [-0.05, 0) is 25.8 Å². The van der Waals surface area contributed by atoms with E-state index in [0.717, 1.165) is 6.42 Å². The molecule has 0 aromatic carbocycles. The van der Waals surface area contributed by atoms with E-state index in [1.54, 1.807) is 6.92 Å². The monoisotopic (exact) mass is 306 g/mol. The number of carbonyl (C=O) groups excluding carboxylic acids is 1. The number of halogens is 3. The van der Waals surface area contributed by atoms with Crippen LogP contribution >= 0.6 is 15.9 Å². The second-order valence-corrected chi connectivity index (χ2v) is 5.11. The number of Topliss-reactive ketones (excluding diaryl/α,β-unsaturated/α-hetero) is 1. The second-order valence-electron chi connectivity index (χ2n) is 4.55. The Bertz CT molecular complexity index is 446. The number of hydrogen-bond acceptors (Lipinski definition) is 2. The van der Waals surface area contributed by atoms with E-state index in [2.05, 4.69) is 21.0 Å². The first-order valence-electron chi connectivity index (χ1n) is 5.44. The van der Waals surface area contributed by atoms with E-state index in [-0.39, 0.29) is 5.78 Å². The lowest BCUT2D eigenvalue weighted by Gasteiger charge is -2.19. The summed E-state index contributed by atoms with van der Waals surface area (Å²) >= 11 is 2.75. The van der Waals surface area contributed by atoms with E-state index in [1.165, 1.54) is 12.3 Å². The predicted octanol–water partition coefficient (Wildman–Crippen LogP) is 2.84. The number of ketones is 1. The van der Waals surface area contributed by atoms with Crippen molar-refractivity contribution in [2.45, 2.75) is 37.6 Å². The molecule has 1 saturated carbocycles. The van der Waals surface area contributed by atoms with Crippen molar-refractivity contribution in [1.29, 1.82) is 0 Å². The van der Waals surface area contributed by atoms with E-state index < -0.39 is 16.8 Å². The van der Waals surface area contributed by atoms with Crippen molar-refractivity contribution >= 4 is 21.7 Å². The fourth-order valence-corrected chi connectivity index (χ4v) is 2.41. The van der Waals surface area contributed by atoms with Gasteiger partial charge in [0.15, 0.2) is 0 Å². The van der Waals surface area contributed by atoms with Crippen LogP contribution in [0.3, 0.4) is 0 Å². The average Bonchev–Trinajstić information content (AvgIpc) is 2.88. The Morgan fingerprint density at radius 3 is 2.88 bits per heavy atom. The number of alkyl halides is 3. The quantitative estimate of drug-likeness (QED) is 0.805. The van der Waals surface area contributed by atoms with Crippen LogP contribution in [0.2, 0.25) is 0 Å². The summed E-state index contributed by atoms with van der Waals surface area (Å²) in [6.07, 6.45) is 3.23. The van der Waals surface area contributed by atoms with Crippen molar-refractivity contribution in [3.63, 3.8) is 0 Å². The molecule has 17 heavy (non-hydrogen) atoms. The standard InChI is InChI=1S/C11H13BrF2N2O/c1-10(5-2-3-9(10)17)8-4-6-16(15-8)11(13,14)7-12/h4,6H,2-3,5,7H2,1H3. The van der Waals surface area contributed by atoms with E-state index in [4.69, 9.17) is 0 Å². The molecule has 3 nitrogen and oxygen atoms in total. The molecule has 94 valence electrons. The van der Waals surface area contributed by atoms with Gasteiger partial charge in [0.25, 0.3) is 0 Å². The molecule has 0 aliphatic heterocycles. The van der Waals surface area contributed by atoms with Gasteiger partial charge in [0, 0.05) is 12.6 Å². The molecule has 6 heteroatoms. The fraction of sp³-hybridized carbons (Fsp3) is 0.636. The maximum Gasteiger partial charge on any atom is 0.353 e. The molecular weight excluding hydrogens is 294 g/mol. The Balaban J connectivity index is 2.33. The smallest absolute Gasteiger partial charge is 0.299 e. The summed E-state index contributed by atoms with van der Waals surface area (Å²) in [5.74, 6) is 0.0879. The zero-order valence-electron chi connectivity index (χ0n) is 9.42. The molecule has 0 bridgehead atoms. The number of rotatable bonds is 3. The van der Waals surface area contributed by atoms with Crippen LogP contribution in [-0.2, 0) is 16.3 Å². The van der Waals surface area contributed by atoms with Crippen LogP contribution in [0.15, 0.2) is 12.3 Å². The Morgan fingerprint density at radius 1 is 1.65 bits per heavy atom. The predicted molar refractivity (Wildman–Crippen MR) is 62.4 cm³/mol. The Hall–Kier alpha value is -0.780. The topological polar surface area (TPSA) is 34.9 Å². The van der Waals surface area contributed by atoms with Gasteiger partial charge in [-0.25, -0.2) is 4.68 Å². The molecule has 1 heterocycles. The van der Waals surface area contributed by atoms with E-state index >= 15 is 0 Å². The molecule has 0 amide bonds. The minimum atomic E-state index is -3.06. The third-order valence-electron chi connectivity index (χ3n) is 3.35. The zero-order chi connectivity index (χ0) is 12.7. The normalized spacial score (nSPS) is 25.5. The second kappa shape index (κ2) is 4.15. The third-order valence-corrected chi connectivity index (χ3v) is 4.02. The molecule has 1 fully saturated rings. The summed E-state index contributed by atoms with van der Waals surface area (Å²) in [5, 5.41) is 3.38. The maximum absolute atomic E-state index is 13.4. The lowest BCUT2D eigenvalue weighted by molar-refractivity contribution is -0.121. The molecule has 1 aromatic rings. The average molecular weight is 307 g/mol. The van der Waals surface area contributed by atoms with Crippen LogP contribution in [-0.4, -0.2) is 20.9 Å². The fourth-order valence-electron chi connectivity index (χ4n) is 2.15. The third kappa shape index (κ3) is 2.03. The van der Waals surface area contributed by atoms with Crippen LogP contribution < -0.4 is 0 Å². The zero-order valence-corrected chi connectivity index (χ0v) is 11.0. The van der Waals surface area contributed by atoms with Crippen molar-refractivity contribution in [3.8, 4) is 0 Å². The number of aromatic nitrogens is 2.